The normalized spacial score (nSPS) is 12.0. The van der Waals surface area contributed by atoms with Crippen molar-refractivity contribution in [2.75, 3.05) is 13.2 Å². The van der Waals surface area contributed by atoms with Crippen molar-refractivity contribution < 1.29 is 9.47 Å². The van der Waals surface area contributed by atoms with Gasteiger partial charge in [0.05, 0.1) is 13.2 Å². The van der Waals surface area contributed by atoms with Crippen LogP contribution in [0.4, 0.5) is 0 Å². The van der Waals surface area contributed by atoms with Gasteiger partial charge < -0.3 is 9.47 Å². The smallest absolute Gasteiger partial charge is 0.243 e. The van der Waals surface area contributed by atoms with Gasteiger partial charge in [-0.2, -0.15) is 0 Å². The van der Waals surface area contributed by atoms with Gasteiger partial charge in [-0.25, -0.2) is 0 Å². The van der Waals surface area contributed by atoms with Crippen LogP contribution >= 0.6 is 0 Å². The Morgan fingerprint density at radius 3 is 1.44 bits per heavy atom. The van der Waals surface area contributed by atoms with Crippen LogP contribution in [0.3, 0.4) is 0 Å². The van der Waals surface area contributed by atoms with E-state index in [1.807, 2.05) is 0 Å². The molecule has 0 radical (unpaired) electrons. The molecule has 0 atom stereocenters. The summed E-state index contributed by atoms with van der Waals surface area (Å²) in [7, 11) is 0. The summed E-state index contributed by atoms with van der Waals surface area (Å²) in [5, 5.41) is 0. The van der Waals surface area contributed by atoms with Gasteiger partial charge in [0.1, 0.15) is 11.5 Å². The van der Waals surface area contributed by atoms with Crippen LogP contribution in [0.1, 0.15) is 67.3 Å². The quantitative estimate of drug-likeness (QED) is 0.225. The zero-order valence-electron chi connectivity index (χ0n) is 22.1. The second-order valence-corrected chi connectivity index (χ2v) is 10.1. The lowest BCUT2D eigenvalue weighted by Gasteiger charge is -2.19. The first-order valence-electron chi connectivity index (χ1n) is 13.0. The third-order valence-electron chi connectivity index (χ3n) is 7.14. The van der Waals surface area contributed by atoms with Crippen LogP contribution in [-0.2, 0) is 0 Å². The summed E-state index contributed by atoms with van der Waals surface area (Å²) >= 11 is 0. The van der Waals surface area contributed by atoms with Crippen molar-refractivity contribution in [2.24, 2.45) is 0 Å². The molecule has 3 aromatic rings. The summed E-state index contributed by atoms with van der Waals surface area (Å²) in [6.45, 7) is 17.2. The van der Waals surface area contributed by atoms with Crippen LogP contribution < -0.4 is 25.9 Å². The molecular weight excluding hydrogens is 415 g/mol. The Hall–Kier alpha value is -2.68. The fourth-order valence-corrected chi connectivity index (χ4v) is 5.45. The molecule has 1 aliphatic heterocycles. The molecular formula is C31H39BO2. The molecule has 34 heavy (non-hydrogen) atoms. The van der Waals surface area contributed by atoms with Crippen LogP contribution in [0.5, 0.6) is 11.5 Å². The summed E-state index contributed by atoms with van der Waals surface area (Å²) in [4.78, 5) is 0. The molecule has 0 unspecified atom stereocenters. The highest BCUT2D eigenvalue weighted by Gasteiger charge is 2.36. The third kappa shape index (κ3) is 4.62. The first kappa shape index (κ1) is 24.4. The highest BCUT2D eigenvalue weighted by Crippen LogP contribution is 2.34. The Balaban J connectivity index is 1.89. The van der Waals surface area contributed by atoms with Gasteiger partial charge in [-0.1, -0.05) is 84.0 Å². The first-order chi connectivity index (χ1) is 16.3. The fourth-order valence-electron chi connectivity index (χ4n) is 5.45. The number of ether oxygens (including phenoxy) is 2. The minimum absolute atomic E-state index is 0.234. The largest absolute Gasteiger partial charge is 0.493 e. The molecule has 0 saturated heterocycles. The van der Waals surface area contributed by atoms with E-state index in [2.05, 4.69) is 84.9 Å². The van der Waals surface area contributed by atoms with E-state index in [1.54, 1.807) is 0 Å². The second kappa shape index (κ2) is 10.3. The average Bonchev–Trinajstić information content (AvgIpc) is 3.06. The number of benzene rings is 3. The summed E-state index contributed by atoms with van der Waals surface area (Å²) in [6, 6.07) is 13.9. The maximum absolute atomic E-state index is 6.22. The molecule has 1 heterocycles. The van der Waals surface area contributed by atoms with E-state index in [-0.39, 0.29) is 6.71 Å². The Labute approximate surface area is 206 Å². The molecule has 178 valence electrons. The topological polar surface area (TPSA) is 18.5 Å². The molecule has 3 heteroatoms. The SMILES string of the molecule is CCCCOc1cc2c(cc1C)B(c1c(C)cc(C)cc1C)c1cc(C)c(OCCCC)cc1-2. The molecule has 0 amide bonds. The molecule has 0 fully saturated rings. The number of hydrogen-bond acceptors (Lipinski definition) is 2. The van der Waals surface area contributed by atoms with E-state index in [0.717, 1.165) is 50.4 Å². The average molecular weight is 454 g/mol. The van der Waals surface area contributed by atoms with Crippen LogP contribution in [0.15, 0.2) is 36.4 Å². The maximum atomic E-state index is 6.22. The molecule has 4 rings (SSSR count). The molecule has 2 nitrogen and oxygen atoms in total. The summed E-state index contributed by atoms with van der Waals surface area (Å²) in [5.74, 6) is 2.01. The van der Waals surface area contributed by atoms with E-state index in [9.17, 15) is 0 Å². The van der Waals surface area contributed by atoms with Crippen molar-refractivity contribution in [1.29, 1.82) is 0 Å². The molecule has 3 aromatic carbocycles. The fraction of sp³-hybridized carbons (Fsp3) is 0.419. The zero-order chi connectivity index (χ0) is 24.4. The van der Waals surface area contributed by atoms with Gasteiger partial charge in [0, 0.05) is 0 Å². The molecule has 0 aromatic heterocycles. The van der Waals surface area contributed by atoms with Gasteiger partial charge in [0.15, 0.2) is 0 Å². The highest BCUT2D eigenvalue weighted by molar-refractivity contribution is 6.99. The van der Waals surface area contributed by atoms with E-state index < -0.39 is 0 Å². The lowest BCUT2D eigenvalue weighted by Crippen LogP contribution is -2.51. The van der Waals surface area contributed by atoms with Crippen molar-refractivity contribution in [2.45, 2.75) is 74.1 Å². The second-order valence-electron chi connectivity index (χ2n) is 10.1. The van der Waals surface area contributed by atoms with E-state index in [4.69, 9.17) is 9.47 Å². The van der Waals surface area contributed by atoms with Crippen LogP contribution in [-0.4, -0.2) is 19.9 Å². The summed E-state index contributed by atoms with van der Waals surface area (Å²) in [6.07, 6.45) is 4.43. The predicted octanol–water partition coefficient (Wildman–Crippen LogP) is 6.08. The van der Waals surface area contributed by atoms with Gasteiger partial charge in [0.2, 0.25) is 6.71 Å². The molecule has 0 N–H and O–H groups in total. The van der Waals surface area contributed by atoms with Gasteiger partial charge >= 0.3 is 0 Å². The number of fused-ring (bicyclic) bond motifs is 3. The Morgan fingerprint density at radius 2 is 1.03 bits per heavy atom. The molecule has 0 spiro atoms. The van der Waals surface area contributed by atoms with E-state index in [0.29, 0.717) is 0 Å². The number of hydrogen-bond donors (Lipinski definition) is 0. The van der Waals surface area contributed by atoms with Crippen molar-refractivity contribution in [3.63, 3.8) is 0 Å². The van der Waals surface area contributed by atoms with Crippen LogP contribution in [0.2, 0.25) is 0 Å². The minimum atomic E-state index is 0.234. The van der Waals surface area contributed by atoms with Gasteiger partial charge in [-0.15, -0.1) is 0 Å². The van der Waals surface area contributed by atoms with Gasteiger partial charge in [-0.3, -0.25) is 0 Å². The van der Waals surface area contributed by atoms with E-state index in [1.165, 1.54) is 55.3 Å². The number of aryl methyl sites for hydroxylation is 5. The third-order valence-corrected chi connectivity index (χ3v) is 7.14. The Morgan fingerprint density at radius 1 is 0.588 bits per heavy atom. The van der Waals surface area contributed by atoms with Crippen molar-refractivity contribution in [3.8, 4) is 22.6 Å². The van der Waals surface area contributed by atoms with Crippen molar-refractivity contribution in [3.05, 3.63) is 64.2 Å². The molecule has 0 aliphatic carbocycles. The molecule has 1 aliphatic rings. The van der Waals surface area contributed by atoms with Gasteiger partial charge in [-0.05, 0) is 81.8 Å². The molecule has 0 bridgehead atoms. The minimum Gasteiger partial charge on any atom is -0.493 e. The lowest BCUT2D eigenvalue weighted by atomic mass is 9.37. The Kier molecular flexibility index (Phi) is 7.40. The summed E-state index contributed by atoms with van der Waals surface area (Å²) in [5.41, 5.74) is 13.3. The number of unbranched alkanes of at least 4 members (excludes halogenated alkanes) is 2. The van der Waals surface area contributed by atoms with E-state index >= 15 is 0 Å². The monoisotopic (exact) mass is 454 g/mol. The predicted molar refractivity (Wildman–Crippen MR) is 147 cm³/mol. The van der Waals surface area contributed by atoms with Crippen molar-refractivity contribution in [1.82, 2.24) is 0 Å². The van der Waals surface area contributed by atoms with Crippen molar-refractivity contribution >= 4 is 23.1 Å². The van der Waals surface area contributed by atoms with Crippen LogP contribution in [0.25, 0.3) is 11.1 Å². The first-order valence-corrected chi connectivity index (χ1v) is 13.0. The van der Waals surface area contributed by atoms with Gasteiger partial charge in [0.25, 0.3) is 0 Å². The summed E-state index contributed by atoms with van der Waals surface area (Å²) < 4.78 is 12.4. The molecule has 0 saturated carbocycles. The highest BCUT2D eigenvalue weighted by atomic mass is 16.5. The zero-order valence-corrected chi connectivity index (χ0v) is 22.1. The van der Waals surface area contributed by atoms with Crippen LogP contribution in [0, 0.1) is 34.6 Å². The standard InChI is InChI=1S/C31H39BO2/c1-8-10-12-33-29-18-25-26-19-30(34-13-11-9-2)22(5)17-28(26)32(27(25)16-21(29)4)31-23(6)14-20(3)15-24(31)7/h14-19H,8-13H2,1-7H3. The lowest BCUT2D eigenvalue weighted by molar-refractivity contribution is 0.307. The number of rotatable bonds is 9. The maximum Gasteiger partial charge on any atom is 0.243 e. The Bertz CT molecular complexity index is 1110.